The van der Waals surface area contributed by atoms with E-state index in [0.717, 1.165) is 38.0 Å². The van der Waals surface area contributed by atoms with Gasteiger partial charge in [0.05, 0.1) is 10.8 Å². The highest BCUT2D eigenvalue weighted by atomic mass is 31.1. The molecule has 0 spiro atoms. The molecule has 0 fully saturated rings. The van der Waals surface area contributed by atoms with Crippen LogP contribution in [0.2, 0.25) is 0 Å². The summed E-state index contributed by atoms with van der Waals surface area (Å²) in [6.07, 6.45) is 0. The van der Waals surface area contributed by atoms with E-state index in [-0.39, 0.29) is 22.7 Å². The van der Waals surface area contributed by atoms with Crippen molar-refractivity contribution in [3.63, 3.8) is 0 Å². The number of hydrogen-bond donors (Lipinski definition) is 0. The molecule has 0 aliphatic carbocycles. The molecule has 6 aromatic carbocycles. The maximum Gasteiger partial charge on any atom is 0.274 e. The summed E-state index contributed by atoms with van der Waals surface area (Å²) >= 11 is 0. The van der Waals surface area contributed by atoms with Crippen LogP contribution in [0.5, 0.6) is 0 Å². The predicted molar refractivity (Wildman–Crippen MR) is 170 cm³/mol. The van der Waals surface area contributed by atoms with Crippen LogP contribution in [0.15, 0.2) is 149 Å². The average Bonchev–Trinajstić information content (AvgIpc) is 3.40. The predicted octanol–water partition coefficient (Wildman–Crippen LogP) is 7.38. The SMILES string of the molecule is O=c1c2ccccc2c(=O)n2n1[C@H](c1ccc3ccccc3c1)P(c1ccccc1)[C@H]2c1ccc2ccccc2c1. The lowest BCUT2D eigenvalue weighted by Crippen LogP contribution is -2.37. The Morgan fingerprint density at radius 3 is 1.34 bits per heavy atom. The van der Waals surface area contributed by atoms with Gasteiger partial charge in [-0.05, 0) is 70.2 Å². The molecule has 0 N–H and O–H groups in total. The lowest BCUT2D eigenvalue weighted by atomic mass is 10.1. The molecule has 8 rings (SSSR count). The molecule has 1 aromatic heterocycles. The van der Waals surface area contributed by atoms with Crippen molar-refractivity contribution in [2.24, 2.45) is 0 Å². The molecule has 0 saturated heterocycles. The maximum atomic E-state index is 14.4. The minimum atomic E-state index is -1.13. The Hall–Kier alpha value is -4.79. The van der Waals surface area contributed by atoms with E-state index in [9.17, 15) is 9.59 Å². The quantitative estimate of drug-likeness (QED) is 0.216. The van der Waals surface area contributed by atoms with Crippen LogP contribution < -0.4 is 16.4 Å². The smallest absolute Gasteiger partial charge is 0.267 e. The zero-order chi connectivity index (χ0) is 27.5. The van der Waals surface area contributed by atoms with Crippen molar-refractivity contribution in [3.05, 3.63) is 171 Å². The van der Waals surface area contributed by atoms with Crippen LogP contribution >= 0.6 is 7.92 Å². The number of rotatable bonds is 3. The van der Waals surface area contributed by atoms with Gasteiger partial charge in [-0.25, -0.2) is 9.36 Å². The fourth-order valence-electron chi connectivity index (χ4n) is 6.35. The van der Waals surface area contributed by atoms with E-state index in [1.165, 1.54) is 0 Å². The van der Waals surface area contributed by atoms with Gasteiger partial charge >= 0.3 is 0 Å². The molecular formula is C36H25N2O2P. The second-order valence-electron chi connectivity index (χ2n) is 10.5. The normalized spacial score (nSPS) is 16.9. The number of hydrogen-bond acceptors (Lipinski definition) is 2. The van der Waals surface area contributed by atoms with Crippen LogP contribution in [0.1, 0.15) is 22.7 Å². The number of fused-ring (bicyclic) bond motifs is 4. The van der Waals surface area contributed by atoms with Crippen molar-refractivity contribution in [1.82, 2.24) is 9.36 Å². The van der Waals surface area contributed by atoms with Gasteiger partial charge in [-0.2, -0.15) is 0 Å². The third-order valence-electron chi connectivity index (χ3n) is 8.22. The summed E-state index contributed by atoms with van der Waals surface area (Å²) in [6, 6.07) is 47.1. The summed E-state index contributed by atoms with van der Waals surface area (Å²) in [5.74, 6) is -0.642. The van der Waals surface area contributed by atoms with E-state index in [2.05, 4.69) is 84.9 Å². The van der Waals surface area contributed by atoms with Gasteiger partial charge in [0, 0.05) is 0 Å². The minimum absolute atomic E-state index is 0.134. The lowest BCUT2D eigenvalue weighted by molar-refractivity contribution is 0.494. The van der Waals surface area contributed by atoms with Crippen molar-refractivity contribution in [2.75, 3.05) is 0 Å². The molecule has 0 radical (unpaired) electrons. The van der Waals surface area contributed by atoms with Crippen molar-refractivity contribution in [2.45, 2.75) is 11.6 Å². The number of benzene rings is 6. The van der Waals surface area contributed by atoms with E-state index in [1.54, 1.807) is 21.5 Å². The van der Waals surface area contributed by atoms with Gasteiger partial charge in [0.1, 0.15) is 11.6 Å². The van der Waals surface area contributed by atoms with Gasteiger partial charge in [-0.15, -0.1) is 0 Å². The Bertz CT molecular complexity index is 2100. The first-order valence-electron chi connectivity index (χ1n) is 13.8. The second kappa shape index (κ2) is 9.40. The van der Waals surface area contributed by atoms with E-state index < -0.39 is 7.92 Å². The van der Waals surface area contributed by atoms with Crippen LogP contribution in [0.4, 0.5) is 0 Å². The molecule has 1 aliphatic heterocycles. The van der Waals surface area contributed by atoms with Crippen molar-refractivity contribution < 1.29 is 0 Å². The Morgan fingerprint density at radius 2 is 0.854 bits per heavy atom. The summed E-state index contributed by atoms with van der Waals surface area (Å²) in [4.78, 5) is 28.8. The summed E-state index contributed by atoms with van der Waals surface area (Å²) in [6.45, 7) is 0. The maximum absolute atomic E-state index is 14.4. The van der Waals surface area contributed by atoms with Gasteiger partial charge in [-0.3, -0.25) is 9.59 Å². The highest BCUT2D eigenvalue weighted by Crippen LogP contribution is 2.65. The number of aromatic nitrogens is 2. The molecule has 0 unspecified atom stereocenters. The molecule has 196 valence electrons. The topological polar surface area (TPSA) is 44.0 Å². The fourth-order valence-corrected chi connectivity index (χ4v) is 9.56. The van der Waals surface area contributed by atoms with E-state index in [0.29, 0.717) is 10.8 Å². The first-order chi connectivity index (χ1) is 20.2. The first-order valence-corrected chi connectivity index (χ1v) is 15.2. The third kappa shape index (κ3) is 3.72. The van der Waals surface area contributed by atoms with Crippen molar-refractivity contribution in [1.29, 1.82) is 0 Å². The van der Waals surface area contributed by atoms with Gasteiger partial charge in [-0.1, -0.05) is 115 Å². The van der Waals surface area contributed by atoms with Crippen LogP contribution in [0, 0.1) is 0 Å². The van der Waals surface area contributed by atoms with Gasteiger partial charge in [0.15, 0.2) is 0 Å². The average molecular weight is 549 g/mol. The summed E-state index contributed by atoms with van der Waals surface area (Å²) < 4.78 is 3.54. The van der Waals surface area contributed by atoms with Crippen LogP contribution in [0.3, 0.4) is 0 Å². The Morgan fingerprint density at radius 1 is 0.439 bits per heavy atom. The fraction of sp³-hybridized carbons (Fsp3) is 0.0556. The summed E-state index contributed by atoms with van der Waals surface area (Å²) in [7, 11) is -1.13. The molecule has 0 amide bonds. The molecule has 41 heavy (non-hydrogen) atoms. The zero-order valence-corrected chi connectivity index (χ0v) is 23.0. The second-order valence-corrected chi connectivity index (χ2v) is 12.9. The van der Waals surface area contributed by atoms with Crippen molar-refractivity contribution >= 4 is 45.5 Å². The minimum Gasteiger partial charge on any atom is -0.267 e. The zero-order valence-electron chi connectivity index (χ0n) is 22.1. The molecule has 2 atom stereocenters. The van der Waals surface area contributed by atoms with Gasteiger partial charge < -0.3 is 0 Å². The molecule has 2 heterocycles. The number of nitrogens with zero attached hydrogens (tertiary/aromatic N) is 2. The molecule has 0 saturated carbocycles. The van der Waals surface area contributed by atoms with E-state index in [4.69, 9.17) is 0 Å². The molecule has 4 nitrogen and oxygen atoms in total. The monoisotopic (exact) mass is 548 g/mol. The molecule has 0 bridgehead atoms. The third-order valence-corrected chi connectivity index (χ3v) is 11.2. The van der Waals surface area contributed by atoms with Crippen LogP contribution in [-0.2, 0) is 0 Å². The lowest BCUT2D eigenvalue weighted by Gasteiger charge is -2.26. The van der Waals surface area contributed by atoms with Crippen LogP contribution in [0.25, 0.3) is 32.3 Å². The molecule has 1 aliphatic rings. The Labute approximate surface area is 237 Å². The first kappa shape index (κ1) is 24.0. The van der Waals surface area contributed by atoms with Crippen LogP contribution in [-0.4, -0.2) is 9.36 Å². The largest absolute Gasteiger partial charge is 0.274 e. The Balaban J connectivity index is 1.50. The van der Waals surface area contributed by atoms with Gasteiger partial charge in [0.25, 0.3) is 11.1 Å². The van der Waals surface area contributed by atoms with Gasteiger partial charge in [0.2, 0.25) is 0 Å². The van der Waals surface area contributed by atoms with Crippen molar-refractivity contribution in [3.8, 4) is 0 Å². The van der Waals surface area contributed by atoms with E-state index in [1.807, 2.05) is 42.5 Å². The van der Waals surface area contributed by atoms with E-state index >= 15 is 0 Å². The molecule has 5 heteroatoms. The molecule has 7 aromatic rings. The highest BCUT2D eigenvalue weighted by molar-refractivity contribution is 7.66. The summed E-state index contributed by atoms with van der Waals surface area (Å²) in [5.41, 5.74) is 1.80. The highest BCUT2D eigenvalue weighted by Gasteiger charge is 2.45. The summed E-state index contributed by atoms with van der Waals surface area (Å²) in [5, 5.41) is 6.59. The Kier molecular flexibility index (Phi) is 5.51. The molecular weight excluding hydrogens is 523 g/mol. The standard InChI is InChI=1S/C36H25N2O2P/c39-33-31-16-8-9-17-32(31)34(40)38-36(29-21-19-25-11-5-7-13-27(25)23-29)41(30-14-2-1-3-15-30)35(37(33)38)28-20-18-24-10-4-6-12-26(24)22-28/h1-23,35-36H/t35-,36-/m0/s1.